The summed E-state index contributed by atoms with van der Waals surface area (Å²) in [6, 6.07) is 16.2. The van der Waals surface area contributed by atoms with Crippen LogP contribution in [0.4, 0.5) is 0 Å². The fourth-order valence-corrected chi connectivity index (χ4v) is 3.46. The predicted octanol–water partition coefficient (Wildman–Crippen LogP) is 3.55. The molecule has 1 aliphatic heterocycles. The van der Waals surface area contributed by atoms with Gasteiger partial charge in [0.15, 0.2) is 22.5 Å². The molecule has 5 nitrogen and oxygen atoms in total. The maximum Gasteiger partial charge on any atom is 0.191 e. The molecule has 0 amide bonds. The van der Waals surface area contributed by atoms with E-state index in [1.54, 1.807) is 11.8 Å². The van der Waals surface area contributed by atoms with Gasteiger partial charge in [0, 0.05) is 18.4 Å². The molecule has 0 radical (unpaired) electrons. The number of ether oxygens (including phenoxy) is 2. The van der Waals surface area contributed by atoms with E-state index in [0.29, 0.717) is 13.2 Å². The molecule has 4 rings (SSSR count). The van der Waals surface area contributed by atoms with E-state index in [1.165, 1.54) is 5.56 Å². The van der Waals surface area contributed by atoms with Crippen molar-refractivity contribution >= 4 is 11.8 Å². The molecule has 3 aromatic rings. The molecule has 1 aromatic heterocycles. The SMILES string of the molecule is Cn1c(SCc2ccccc2)nnc1-c1ccc2c(c1)OCCO2. The highest BCUT2D eigenvalue weighted by Gasteiger charge is 2.16. The Morgan fingerprint density at radius 1 is 1.00 bits per heavy atom. The third-order valence-corrected chi connectivity index (χ3v) is 4.94. The van der Waals surface area contributed by atoms with Gasteiger partial charge in [-0.2, -0.15) is 0 Å². The van der Waals surface area contributed by atoms with E-state index in [-0.39, 0.29) is 0 Å². The Kier molecular flexibility index (Phi) is 4.13. The molecule has 0 bridgehead atoms. The highest BCUT2D eigenvalue weighted by atomic mass is 32.2. The van der Waals surface area contributed by atoms with Gasteiger partial charge in [0.05, 0.1) is 0 Å². The Morgan fingerprint density at radius 2 is 1.79 bits per heavy atom. The largest absolute Gasteiger partial charge is 0.486 e. The minimum Gasteiger partial charge on any atom is -0.486 e. The summed E-state index contributed by atoms with van der Waals surface area (Å²) in [5.74, 6) is 3.24. The molecule has 0 saturated carbocycles. The van der Waals surface area contributed by atoms with Crippen LogP contribution in [0.2, 0.25) is 0 Å². The quantitative estimate of drug-likeness (QED) is 0.681. The van der Waals surface area contributed by atoms with Crippen LogP contribution in [0.25, 0.3) is 11.4 Å². The summed E-state index contributed by atoms with van der Waals surface area (Å²) in [6.07, 6.45) is 0. The van der Waals surface area contributed by atoms with Gasteiger partial charge in [-0.3, -0.25) is 0 Å². The lowest BCUT2D eigenvalue weighted by Gasteiger charge is -2.18. The van der Waals surface area contributed by atoms with Gasteiger partial charge >= 0.3 is 0 Å². The summed E-state index contributed by atoms with van der Waals surface area (Å²) in [5.41, 5.74) is 2.24. The average Bonchev–Trinajstić information content (AvgIpc) is 3.01. The number of fused-ring (bicyclic) bond motifs is 1. The van der Waals surface area contributed by atoms with Gasteiger partial charge in [-0.15, -0.1) is 10.2 Å². The van der Waals surface area contributed by atoms with Crippen molar-refractivity contribution in [3.63, 3.8) is 0 Å². The van der Waals surface area contributed by atoms with Crippen molar-refractivity contribution in [1.29, 1.82) is 0 Å². The molecule has 6 heteroatoms. The molecule has 2 heterocycles. The van der Waals surface area contributed by atoms with Crippen LogP contribution in [0.3, 0.4) is 0 Å². The lowest BCUT2D eigenvalue weighted by atomic mass is 10.2. The van der Waals surface area contributed by atoms with Crippen LogP contribution in [0.15, 0.2) is 53.7 Å². The number of hydrogen-bond donors (Lipinski definition) is 0. The zero-order valence-electron chi connectivity index (χ0n) is 13.3. The Hall–Kier alpha value is -2.47. The van der Waals surface area contributed by atoms with Gasteiger partial charge in [0.2, 0.25) is 0 Å². The summed E-state index contributed by atoms with van der Waals surface area (Å²) in [7, 11) is 1.99. The third-order valence-electron chi connectivity index (χ3n) is 3.85. The number of nitrogens with zero attached hydrogens (tertiary/aromatic N) is 3. The third kappa shape index (κ3) is 2.97. The zero-order chi connectivity index (χ0) is 16.4. The van der Waals surface area contributed by atoms with E-state index in [4.69, 9.17) is 9.47 Å². The molecule has 0 N–H and O–H groups in total. The van der Waals surface area contributed by atoms with Crippen molar-refractivity contribution in [3.05, 3.63) is 54.1 Å². The standard InChI is InChI=1S/C18H17N3O2S/c1-21-17(14-7-8-15-16(11-14)23-10-9-22-15)19-20-18(21)24-12-13-5-3-2-4-6-13/h2-8,11H,9-10,12H2,1H3. The summed E-state index contributed by atoms with van der Waals surface area (Å²) in [6.45, 7) is 1.17. The van der Waals surface area contributed by atoms with Gasteiger partial charge < -0.3 is 14.0 Å². The maximum atomic E-state index is 5.65. The molecule has 24 heavy (non-hydrogen) atoms. The summed E-state index contributed by atoms with van der Waals surface area (Å²) in [4.78, 5) is 0. The lowest BCUT2D eigenvalue weighted by Crippen LogP contribution is -2.15. The molecule has 0 saturated heterocycles. The predicted molar refractivity (Wildman–Crippen MR) is 93.4 cm³/mol. The first kappa shape index (κ1) is 15.1. The van der Waals surface area contributed by atoms with Crippen molar-refractivity contribution in [2.45, 2.75) is 10.9 Å². The van der Waals surface area contributed by atoms with Gasteiger partial charge in [0.1, 0.15) is 13.2 Å². The molecule has 0 unspecified atom stereocenters. The number of benzene rings is 2. The smallest absolute Gasteiger partial charge is 0.191 e. The van der Waals surface area contributed by atoms with Gasteiger partial charge in [0.25, 0.3) is 0 Å². The van der Waals surface area contributed by atoms with Crippen molar-refractivity contribution in [3.8, 4) is 22.9 Å². The van der Waals surface area contributed by atoms with Crippen LogP contribution in [0.5, 0.6) is 11.5 Å². The molecular formula is C18H17N3O2S. The van der Waals surface area contributed by atoms with Crippen LogP contribution in [-0.4, -0.2) is 28.0 Å². The van der Waals surface area contributed by atoms with E-state index in [9.17, 15) is 0 Å². The molecule has 0 spiro atoms. The van der Waals surface area contributed by atoms with Crippen molar-refractivity contribution in [2.24, 2.45) is 7.05 Å². The second-order valence-electron chi connectivity index (χ2n) is 5.50. The molecule has 1 aliphatic rings. The van der Waals surface area contributed by atoms with Crippen molar-refractivity contribution < 1.29 is 9.47 Å². The topological polar surface area (TPSA) is 49.2 Å². The number of hydrogen-bond acceptors (Lipinski definition) is 5. The maximum absolute atomic E-state index is 5.65. The lowest BCUT2D eigenvalue weighted by molar-refractivity contribution is 0.171. The van der Waals surface area contributed by atoms with Crippen LogP contribution in [0.1, 0.15) is 5.56 Å². The molecule has 122 valence electrons. The van der Waals surface area contributed by atoms with E-state index in [1.807, 2.05) is 48.0 Å². The van der Waals surface area contributed by atoms with E-state index < -0.39 is 0 Å². The Morgan fingerprint density at radius 3 is 2.62 bits per heavy atom. The van der Waals surface area contributed by atoms with Crippen LogP contribution >= 0.6 is 11.8 Å². The Balaban J connectivity index is 1.56. The number of aromatic nitrogens is 3. The summed E-state index contributed by atoms with van der Waals surface area (Å²) in [5, 5.41) is 9.56. The molecule has 0 atom stereocenters. The first-order chi connectivity index (χ1) is 11.8. The first-order valence-corrected chi connectivity index (χ1v) is 8.76. The van der Waals surface area contributed by atoms with Crippen molar-refractivity contribution in [1.82, 2.24) is 14.8 Å². The van der Waals surface area contributed by atoms with Crippen LogP contribution in [0, 0.1) is 0 Å². The molecule has 0 aliphatic carbocycles. The highest BCUT2D eigenvalue weighted by Crippen LogP contribution is 2.34. The van der Waals surface area contributed by atoms with Gasteiger partial charge in [-0.1, -0.05) is 42.1 Å². The van der Waals surface area contributed by atoms with Gasteiger partial charge in [-0.05, 0) is 23.8 Å². The fourth-order valence-electron chi connectivity index (χ4n) is 2.60. The first-order valence-electron chi connectivity index (χ1n) is 7.77. The second-order valence-corrected chi connectivity index (χ2v) is 6.44. The van der Waals surface area contributed by atoms with E-state index in [2.05, 4.69) is 22.3 Å². The Bertz CT molecular complexity index is 849. The monoisotopic (exact) mass is 339 g/mol. The number of rotatable bonds is 4. The molecule has 0 fully saturated rings. The zero-order valence-corrected chi connectivity index (χ0v) is 14.1. The van der Waals surface area contributed by atoms with Gasteiger partial charge in [-0.25, -0.2) is 0 Å². The average molecular weight is 339 g/mol. The van der Waals surface area contributed by atoms with E-state index >= 15 is 0 Å². The summed E-state index contributed by atoms with van der Waals surface area (Å²) < 4.78 is 13.2. The Labute approximate surface area is 144 Å². The van der Waals surface area contributed by atoms with Crippen LogP contribution < -0.4 is 9.47 Å². The minimum absolute atomic E-state index is 0.577. The van der Waals surface area contributed by atoms with E-state index in [0.717, 1.165) is 33.8 Å². The highest BCUT2D eigenvalue weighted by molar-refractivity contribution is 7.98. The van der Waals surface area contributed by atoms with Crippen LogP contribution in [-0.2, 0) is 12.8 Å². The molecular weight excluding hydrogens is 322 g/mol. The van der Waals surface area contributed by atoms with Crippen molar-refractivity contribution in [2.75, 3.05) is 13.2 Å². The summed E-state index contributed by atoms with van der Waals surface area (Å²) >= 11 is 1.68. The minimum atomic E-state index is 0.577. The normalized spacial score (nSPS) is 13.0. The second kappa shape index (κ2) is 6.57. The fraction of sp³-hybridized carbons (Fsp3) is 0.222. The number of thioether (sulfide) groups is 1. The molecule has 2 aromatic carbocycles.